The molecule has 0 aliphatic rings. The molecule has 113 valence electrons. The first-order valence-corrected chi connectivity index (χ1v) is 8.00. The normalized spacial score (nSPS) is 10.7. The van der Waals surface area contributed by atoms with Gasteiger partial charge in [0, 0.05) is 6.61 Å². The fourth-order valence-corrected chi connectivity index (χ4v) is 2.05. The molecule has 0 fully saturated rings. The highest BCUT2D eigenvalue weighted by Crippen LogP contribution is 2.09. The Bertz CT molecular complexity index is 298. The second kappa shape index (κ2) is 13.0. The molecule has 0 aliphatic heterocycles. The van der Waals surface area contributed by atoms with E-state index in [-0.39, 0.29) is 0 Å². The van der Waals surface area contributed by atoms with Crippen molar-refractivity contribution in [3.63, 3.8) is 0 Å². The number of hydrogen-bond donors (Lipinski definition) is 0. The van der Waals surface area contributed by atoms with E-state index in [4.69, 9.17) is 9.47 Å². The van der Waals surface area contributed by atoms with Gasteiger partial charge >= 0.3 is 0 Å². The molecule has 0 heterocycles. The molecule has 0 N–H and O–H groups in total. The van der Waals surface area contributed by atoms with Crippen molar-refractivity contribution < 1.29 is 9.47 Å². The lowest BCUT2D eigenvalue weighted by atomic mass is 10.1. The van der Waals surface area contributed by atoms with Gasteiger partial charge in [0.15, 0.2) is 0 Å². The molecule has 1 aromatic rings. The summed E-state index contributed by atoms with van der Waals surface area (Å²) in [4.78, 5) is 0. The van der Waals surface area contributed by atoms with Crippen LogP contribution in [-0.2, 0) is 4.74 Å². The smallest absolute Gasteiger partial charge is 0.119 e. The van der Waals surface area contributed by atoms with Crippen molar-refractivity contribution in [3.8, 4) is 5.75 Å². The van der Waals surface area contributed by atoms with E-state index in [0.717, 1.165) is 12.4 Å². The third-order valence-electron chi connectivity index (χ3n) is 3.24. The van der Waals surface area contributed by atoms with Crippen LogP contribution in [0.2, 0.25) is 0 Å². The van der Waals surface area contributed by atoms with E-state index in [0.29, 0.717) is 13.2 Å². The van der Waals surface area contributed by atoms with Crippen LogP contribution in [0.1, 0.15) is 51.9 Å². The standard InChI is InChI=1S/C18H29O2/c1-2-3-4-5-6-7-8-12-15-19-16-17-20-18-13-10-9-11-14-18/h9-14H,2-8,15-17H2,1H3. The largest absolute Gasteiger partial charge is 0.491 e. The van der Waals surface area contributed by atoms with E-state index in [9.17, 15) is 0 Å². The molecule has 0 unspecified atom stereocenters. The Morgan fingerprint density at radius 2 is 1.65 bits per heavy atom. The van der Waals surface area contributed by atoms with Gasteiger partial charge < -0.3 is 9.47 Å². The summed E-state index contributed by atoms with van der Waals surface area (Å²) in [5.74, 6) is 0.909. The van der Waals surface area contributed by atoms with Gasteiger partial charge in [-0.25, -0.2) is 0 Å². The third-order valence-corrected chi connectivity index (χ3v) is 3.24. The molecule has 0 bridgehead atoms. The minimum absolute atomic E-state index is 0.620. The Labute approximate surface area is 124 Å². The van der Waals surface area contributed by atoms with Gasteiger partial charge in [-0.1, -0.05) is 63.6 Å². The summed E-state index contributed by atoms with van der Waals surface area (Å²) >= 11 is 0. The van der Waals surface area contributed by atoms with E-state index in [1.807, 2.05) is 30.3 Å². The highest BCUT2D eigenvalue weighted by atomic mass is 16.5. The Morgan fingerprint density at radius 1 is 0.900 bits per heavy atom. The van der Waals surface area contributed by atoms with Gasteiger partial charge in [0.25, 0.3) is 0 Å². The number of ether oxygens (including phenoxy) is 2. The lowest BCUT2D eigenvalue weighted by Crippen LogP contribution is -2.07. The van der Waals surface area contributed by atoms with Crippen molar-refractivity contribution in [2.45, 2.75) is 51.9 Å². The SMILES string of the molecule is CCCCCCCC[CH]COCCOc1ccccc1. The van der Waals surface area contributed by atoms with Gasteiger partial charge in [-0.2, -0.15) is 0 Å². The summed E-state index contributed by atoms with van der Waals surface area (Å²) in [5, 5.41) is 0. The van der Waals surface area contributed by atoms with Gasteiger partial charge in [0.05, 0.1) is 6.61 Å². The third kappa shape index (κ3) is 9.85. The predicted molar refractivity (Wildman–Crippen MR) is 85.0 cm³/mol. The van der Waals surface area contributed by atoms with E-state index >= 15 is 0 Å². The van der Waals surface area contributed by atoms with Crippen molar-refractivity contribution >= 4 is 0 Å². The average Bonchev–Trinajstić information content (AvgIpc) is 2.49. The van der Waals surface area contributed by atoms with Gasteiger partial charge in [0.1, 0.15) is 12.4 Å². The first-order valence-electron chi connectivity index (χ1n) is 8.00. The number of para-hydroxylation sites is 1. The first-order chi connectivity index (χ1) is 9.93. The summed E-state index contributed by atoms with van der Waals surface area (Å²) in [7, 11) is 0. The molecule has 20 heavy (non-hydrogen) atoms. The zero-order valence-electron chi connectivity index (χ0n) is 12.9. The molecule has 0 saturated heterocycles. The van der Waals surface area contributed by atoms with Crippen molar-refractivity contribution in [2.24, 2.45) is 0 Å². The first kappa shape index (κ1) is 17.0. The maximum absolute atomic E-state index is 5.55. The summed E-state index contributed by atoms with van der Waals surface area (Å²) < 4.78 is 11.1. The van der Waals surface area contributed by atoms with Crippen LogP contribution in [0.4, 0.5) is 0 Å². The Kier molecular flexibility index (Phi) is 11.1. The average molecular weight is 277 g/mol. The summed E-state index contributed by atoms with van der Waals surface area (Å²) in [6.07, 6.45) is 11.5. The molecule has 2 heteroatoms. The van der Waals surface area contributed by atoms with Gasteiger partial charge in [-0.05, 0) is 25.0 Å². The molecule has 0 spiro atoms. The highest BCUT2D eigenvalue weighted by molar-refractivity contribution is 5.20. The monoisotopic (exact) mass is 277 g/mol. The zero-order chi connectivity index (χ0) is 14.3. The van der Waals surface area contributed by atoms with Crippen molar-refractivity contribution in [2.75, 3.05) is 19.8 Å². The van der Waals surface area contributed by atoms with E-state index in [1.165, 1.54) is 44.9 Å². The van der Waals surface area contributed by atoms with E-state index in [1.54, 1.807) is 0 Å². The van der Waals surface area contributed by atoms with E-state index in [2.05, 4.69) is 13.3 Å². The lowest BCUT2D eigenvalue weighted by molar-refractivity contribution is 0.113. The fourth-order valence-electron chi connectivity index (χ4n) is 2.05. The van der Waals surface area contributed by atoms with Crippen LogP contribution in [0, 0.1) is 6.42 Å². The predicted octanol–water partition coefficient (Wildman–Crippen LogP) is 5.04. The van der Waals surface area contributed by atoms with Crippen molar-refractivity contribution in [3.05, 3.63) is 36.8 Å². The topological polar surface area (TPSA) is 18.5 Å². The second-order valence-electron chi connectivity index (χ2n) is 5.08. The molecule has 1 rings (SSSR count). The number of benzene rings is 1. The minimum Gasteiger partial charge on any atom is -0.491 e. The van der Waals surface area contributed by atoms with Crippen LogP contribution in [0.3, 0.4) is 0 Å². The maximum Gasteiger partial charge on any atom is 0.119 e. The highest BCUT2D eigenvalue weighted by Gasteiger charge is 1.94. The van der Waals surface area contributed by atoms with Crippen LogP contribution in [-0.4, -0.2) is 19.8 Å². The van der Waals surface area contributed by atoms with Crippen LogP contribution in [0.5, 0.6) is 5.75 Å². The second-order valence-corrected chi connectivity index (χ2v) is 5.08. The van der Waals surface area contributed by atoms with Gasteiger partial charge in [-0.3, -0.25) is 0 Å². The minimum atomic E-state index is 0.620. The quantitative estimate of drug-likeness (QED) is 0.470. The van der Waals surface area contributed by atoms with Crippen LogP contribution in [0.25, 0.3) is 0 Å². The Balaban J connectivity index is 1.77. The fraction of sp³-hybridized carbons (Fsp3) is 0.611. The van der Waals surface area contributed by atoms with Gasteiger partial charge in [-0.15, -0.1) is 0 Å². The molecule has 0 aromatic heterocycles. The summed E-state index contributed by atoms with van der Waals surface area (Å²) in [5.41, 5.74) is 0. The molecule has 1 radical (unpaired) electrons. The summed E-state index contributed by atoms with van der Waals surface area (Å²) in [6, 6.07) is 9.87. The van der Waals surface area contributed by atoms with Crippen LogP contribution >= 0.6 is 0 Å². The van der Waals surface area contributed by atoms with Crippen LogP contribution in [0.15, 0.2) is 30.3 Å². The molecule has 0 aliphatic carbocycles. The number of rotatable bonds is 13. The molecule has 1 aromatic carbocycles. The van der Waals surface area contributed by atoms with Crippen molar-refractivity contribution in [1.82, 2.24) is 0 Å². The number of hydrogen-bond acceptors (Lipinski definition) is 2. The van der Waals surface area contributed by atoms with E-state index < -0.39 is 0 Å². The maximum atomic E-state index is 5.55. The van der Waals surface area contributed by atoms with Gasteiger partial charge in [0.2, 0.25) is 0 Å². The zero-order valence-corrected chi connectivity index (χ0v) is 12.9. The molecule has 0 saturated carbocycles. The molecule has 0 amide bonds. The molecule has 2 nitrogen and oxygen atoms in total. The van der Waals surface area contributed by atoms with Crippen molar-refractivity contribution in [1.29, 1.82) is 0 Å². The number of unbranched alkanes of at least 4 members (excludes halogenated alkanes) is 7. The lowest BCUT2D eigenvalue weighted by Gasteiger charge is -2.06. The molecular weight excluding hydrogens is 248 g/mol. The molecule has 0 atom stereocenters. The van der Waals surface area contributed by atoms with Crippen LogP contribution < -0.4 is 4.74 Å². The molecular formula is C18H29O2. The summed E-state index contributed by atoms with van der Waals surface area (Å²) in [6.45, 7) is 4.27. The Hall–Kier alpha value is -1.02. The Morgan fingerprint density at radius 3 is 2.45 bits per heavy atom.